The van der Waals surface area contributed by atoms with Crippen molar-refractivity contribution in [2.45, 2.75) is 32.2 Å². The maximum Gasteiger partial charge on any atom is 0.356 e. The van der Waals surface area contributed by atoms with Crippen molar-refractivity contribution in [1.82, 2.24) is 20.3 Å². The Labute approximate surface area is 332 Å². The third kappa shape index (κ3) is 6.78. The van der Waals surface area contributed by atoms with Crippen LogP contribution in [0.2, 0.25) is 0 Å². The number of amides is 1. The van der Waals surface area contributed by atoms with Gasteiger partial charge in [0.2, 0.25) is 5.72 Å². The van der Waals surface area contributed by atoms with Crippen molar-refractivity contribution in [3.63, 3.8) is 0 Å². The van der Waals surface area contributed by atoms with Gasteiger partial charge in [0.25, 0.3) is 5.91 Å². The van der Waals surface area contributed by atoms with Gasteiger partial charge >= 0.3 is 5.97 Å². The van der Waals surface area contributed by atoms with Gasteiger partial charge in [0.1, 0.15) is 16.1 Å². The molecule has 0 saturated carbocycles. The van der Waals surface area contributed by atoms with E-state index in [1.165, 1.54) is 47.3 Å². The monoisotopic (exact) mass is 783 g/mol. The number of aromatic amines is 1. The molecule has 9 nitrogen and oxygen atoms in total. The maximum atomic E-state index is 14.9. The second-order valence-corrected chi connectivity index (χ2v) is 16.7. The number of rotatable bonds is 13. The highest BCUT2D eigenvalue weighted by molar-refractivity contribution is 8.19. The summed E-state index contributed by atoms with van der Waals surface area (Å²) < 4.78 is 11.7. The zero-order chi connectivity index (χ0) is 37.8. The van der Waals surface area contributed by atoms with E-state index in [9.17, 15) is 9.59 Å². The third-order valence-electron chi connectivity index (χ3n) is 9.90. The van der Waals surface area contributed by atoms with Gasteiger partial charge in [0.05, 0.1) is 16.2 Å². The molecule has 1 amide bonds. The zero-order valence-corrected chi connectivity index (χ0v) is 32.2. The van der Waals surface area contributed by atoms with Gasteiger partial charge in [-0.1, -0.05) is 163 Å². The van der Waals surface area contributed by atoms with Gasteiger partial charge in [-0.15, -0.1) is 28.6 Å². The molecule has 1 aromatic heterocycles. The van der Waals surface area contributed by atoms with Crippen molar-refractivity contribution in [2.24, 2.45) is 5.73 Å². The van der Waals surface area contributed by atoms with E-state index in [2.05, 4.69) is 51.8 Å². The van der Waals surface area contributed by atoms with Crippen molar-refractivity contribution in [3.8, 4) is 0 Å². The largest absolute Gasteiger partial charge is 0.448 e. The number of H-pyrrole nitrogens is 1. The quantitative estimate of drug-likeness (QED) is 0.0395. The van der Waals surface area contributed by atoms with E-state index in [0.717, 1.165) is 27.8 Å². The summed E-state index contributed by atoms with van der Waals surface area (Å²) in [7, 11) is 1.42. The van der Waals surface area contributed by atoms with Gasteiger partial charge in [-0.3, -0.25) is 15.4 Å². The summed E-state index contributed by atoms with van der Waals surface area (Å²) in [6.07, 6.45) is 0.963. The number of fused-ring (bicyclic) bond motifs is 1. The summed E-state index contributed by atoms with van der Waals surface area (Å²) in [6, 6.07) is 50.3. The number of β-lactam (4-membered cyclic amide) rings is 1. The highest BCUT2D eigenvalue weighted by Crippen LogP contribution is 2.57. The van der Waals surface area contributed by atoms with Crippen LogP contribution in [0.4, 0.5) is 0 Å². The number of nitrogens with zero attached hydrogens (tertiary/aromatic N) is 3. The smallest absolute Gasteiger partial charge is 0.356 e. The van der Waals surface area contributed by atoms with Gasteiger partial charge in [-0.05, 0) is 27.8 Å². The average molecular weight is 784 g/mol. The molecular weight excluding hydrogens is 747 g/mol. The number of aromatic nitrogens is 3. The number of methoxy groups -OCH3 is 1. The summed E-state index contributed by atoms with van der Waals surface area (Å²) >= 11 is 4.52. The lowest BCUT2D eigenvalue weighted by Gasteiger charge is -2.54. The number of ether oxygens (including phenoxy) is 2. The molecule has 8 rings (SSSR count). The fourth-order valence-electron chi connectivity index (χ4n) is 7.24. The second kappa shape index (κ2) is 15.9. The summed E-state index contributed by atoms with van der Waals surface area (Å²) in [5, 5.41) is 11.4. The van der Waals surface area contributed by atoms with Crippen LogP contribution in [0.3, 0.4) is 0 Å². The predicted molar refractivity (Wildman–Crippen MR) is 218 cm³/mol. The van der Waals surface area contributed by atoms with Crippen LogP contribution >= 0.6 is 35.3 Å². The highest BCUT2D eigenvalue weighted by atomic mass is 32.2. The molecule has 1 fully saturated rings. The van der Waals surface area contributed by atoms with E-state index in [-0.39, 0.29) is 5.70 Å². The van der Waals surface area contributed by atoms with Gasteiger partial charge in [0, 0.05) is 17.8 Å². The van der Waals surface area contributed by atoms with Gasteiger partial charge < -0.3 is 9.47 Å². The molecule has 0 radical (unpaired) electrons. The number of esters is 1. The van der Waals surface area contributed by atoms with Crippen LogP contribution in [-0.4, -0.2) is 60.7 Å². The summed E-state index contributed by atoms with van der Waals surface area (Å²) in [5.74, 6) is -0.765. The lowest BCUT2D eigenvalue weighted by molar-refractivity contribution is -0.183. The molecule has 0 spiro atoms. The molecule has 6 aromatic rings. The number of benzene rings is 5. The molecular formula is C43H37N5O4S3. The van der Waals surface area contributed by atoms with Crippen LogP contribution in [0.5, 0.6) is 0 Å². The Morgan fingerprint density at radius 3 is 1.76 bits per heavy atom. The Morgan fingerprint density at radius 2 is 1.31 bits per heavy atom. The molecule has 5 aromatic carbocycles. The Hall–Kier alpha value is -5.11. The number of nitrogens with one attached hydrogen (secondary N) is 1. The Balaban J connectivity index is 1.32. The molecule has 1 saturated heterocycles. The lowest BCUT2D eigenvalue weighted by atomic mass is 9.70. The van der Waals surface area contributed by atoms with Gasteiger partial charge in [0.15, 0.2) is 6.10 Å². The van der Waals surface area contributed by atoms with Crippen molar-refractivity contribution in [1.29, 1.82) is 0 Å². The Bertz CT molecular complexity index is 2130. The average Bonchev–Trinajstić information content (AvgIpc) is 3.77. The maximum absolute atomic E-state index is 14.9. The van der Waals surface area contributed by atoms with E-state index in [4.69, 9.17) is 15.2 Å². The normalized spacial score (nSPS) is 18.8. The first kappa shape index (κ1) is 36.8. The Morgan fingerprint density at radius 1 is 0.818 bits per heavy atom. The van der Waals surface area contributed by atoms with Crippen molar-refractivity contribution >= 4 is 47.2 Å². The molecule has 276 valence electrons. The molecule has 3 heterocycles. The molecule has 1 unspecified atom stereocenters. The fraction of sp³-hybridized carbons (Fsp3) is 0.163. The minimum absolute atomic E-state index is 0.155. The lowest BCUT2D eigenvalue weighted by Crippen LogP contribution is -2.78. The van der Waals surface area contributed by atoms with E-state index in [1.54, 1.807) is 6.20 Å². The van der Waals surface area contributed by atoms with Gasteiger partial charge in [-0.2, -0.15) is 10.3 Å². The van der Waals surface area contributed by atoms with Crippen molar-refractivity contribution in [2.75, 3.05) is 12.9 Å². The molecule has 55 heavy (non-hydrogen) atoms. The number of carbonyl (C=O) groups is 2. The van der Waals surface area contributed by atoms with Gasteiger partial charge in [-0.25, -0.2) is 4.79 Å². The van der Waals surface area contributed by atoms with Crippen LogP contribution in [0.15, 0.2) is 173 Å². The summed E-state index contributed by atoms with van der Waals surface area (Å²) in [5.41, 5.74) is 9.04. The van der Waals surface area contributed by atoms with Crippen LogP contribution in [-0.2, 0) is 24.5 Å². The van der Waals surface area contributed by atoms with E-state index in [0.29, 0.717) is 15.7 Å². The number of nitrogens with two attached hydrogens (primary N) is 1. The molecule has 0 bridgehead atoms. The number of hydrogen-bond donors (Lipinski definition) is 2. The van der Waals surface area contributed by atoms with Crippen LogP contribution < -0.4 is 5.73 Å². The van der Waals surface area contributed by atoms with E-state index >= 15 is 0 Å². The van der Waals surface area contributed by atoms with Crippen molar-refractivity contribution < 1.29 is 19.1 Å². The number of carbonyl (C=O) groups excluding carboxylic acids is 2. The zero-order valence-electron chi connectivity index (χ0n) is 29.7. The first-order valence-electron chi connectivity index (χ1n) is 17.6. The SMILES string of the molecule is CO[C@@]1(N)C(=O)N2C(C(=O)OC(c3ccccc3)c3ccccc3)=C(SC(Sc3cn[nH]n3)C(c3ccccc3)(c3ccccc3)c3ccccc3)CS[C@H]21. The topological polar surface area (TPSA) is 123 Å². The predicted octanol–water partition coefficient (Wildman–Crippen LogP) is 7.75. The standard InChI is InChI=1S/C43H37N5O4S3/c1-51-43(44)39(50)48-36(38(49)52-37(29-17-7-2-8-18-29)30-19-9-3-10-20-30)34(28-53-40(43)48)54-41(55-35-27-45-47-46-35)42(31-21-11-4-12-22-31,32-23-13-5-14-24-32)33-25-15-6-16-26-33/h2-27,37,40-41H,28,44H2,1H3,(H,45,46,47)/t40-,41?,43-/m0/s1. The molecule has 2 aliphatic heterocycles. The second-order valence-electron chi connectivity index (χ2n) is 13.0. The third-order valence-corrected chi connectivity index (χ3v) is 14.2. The summed E-state index contributed by atoms with van der Waals surface area (Å²) in [4.78, 5) is 31.1. The van der Waals surface area contributed by atoms with Crippen LogP contribution in [0, 0.1) is 0 Å². The van der Waals surface area contributed by atoms with E-state index in [1.807, 2.05) is 115 Å². The molecule has 3 N–H and O–H groups in total. The van der Waals surface area contributed by atoms with E-state index < -0.39 is 39.1 Å². The van der Waals surface area contributed by atoms with Crippen molar-refractivity contribution in [3.05, 3.63) is 196 Å². The fourth-order valence-corrected chi connectivity index (χ4v) is 11.9. The van der Waals surface area contributed by atoms with Crippen LogP contribution in [0.1, 0.15) is 33.9 Å². The first-order chi connectivity index (χ1) is 26.9. The molecule has 2 aliphatic rings. The minimum Gasteiger partial charge on any atom is -0.448 e. The highest BCUT2D eigenvalue weighted by Gasteiger charge is 2.64. The molecule has 0 aliphatic carbocycles. The summed E-state index contributed by atoms with van der Waals surface area (Å²) in [6.45, 7) is 0. The first-order valence-corrected chi connectivity index (χ1v) is 20.4. The Kier molecular flexibility index (Phi) is 10.7. The minimum atomic E-state index is -1.58. The number of thioether (sulfide) groups is 3. The molecule has 3 atom stereocenters. The number of hydrogen-bond acceptors (Lipinski definition) is 10. The molecule has 12 heteroatoms. The van der Waals surface area contributed by atoms with Crippen LogP contribution in [0.25, 0.3) is 0 Å².